The zero-order chi connectivity index (χ0) is 10.5. The van der Waals surface area contributed by atoms with E-state index in [-0.39, 0.29) is 30.4 Å². The molecule has 0 aromatic carbocycles. The average Bonchev–Trinajstić information content (AvgIpc) is 1.97. The van der Waals surface area contributed by atoms with Crippen LogP contribution in [0.25, 0.3) is 0 Å². The van der Waals surface area contributed by atoms with Gasteiger partial charge in [0.2, 0.25) is 11.8 Å². The van der Waals surface area contributed by atoms with Gasteiger partial charge in [-0.3, -0.25) is 9.59 Å². The molecule has 0 saturated carbocycles. The number of carbonyl (C=O) groups is 2. The number of rotatable bonds is 3. The maximum Gasteiger partial charge on any atom is 0.239 e. The van der Waals surface area contributed by atoms with Crippen molar-refractivity contribution >= 4 is 11.8 Å². The van der Waals surface area contributed by atoms with E-state index in [4.69, 9.17) is 5.73 Å². The van der Waals surface area contributed by atoms with E-state index < -0.39 is 0 Å². The lowest BCUT2D eigenvalue weighted by Crippen LogP contribution is -2.46. The van der Waals surface area contributed by atoms with E-state index in [1.807, 2.05) is 20.8 Å². The van der Waals surface area contributed by atoms with Gasteiger partial charge in [0.1, 0.15) is 0 Å². The van der Waals surface area contributed by atoms with Crippen molar-refractivity contribution < 1.29 is 9.59 Å². The maximum atomic E-state index is 11.1. The summed E-state index contributed by atoms with van der Waals surface area (Å²) >= 11 is 0. The van der Waals surface area contributed by atoms with Crippen LogP contribution >= 0.6 is 0 Å². The quantitative estimate of drug-likeness (QED) is 0.528. The lowest BCUT2D eigenvalue weighted by molar-refractivity contribution is -0.126. The summed E-state index contributed by atoms with van der Waals surface area (Å²) in [7, 11) is 0. The normalized spacial score (nSPS) is 10.8. The number of nitrogens with two attached hydrogens (primary N) is 1. The highest BCUT2D eigenvalue weighted by molar-refractivity contribution is 5.85. The summed E-state index contributed by atoms with van der Waals surface area (Å²) in [4.78, 5) is 21.8. The zero-order valence-corrected chi connectivity index (χ0v) is 8.31. The van der Waals surface area contributed by atoms with Crippen LogP contribution < -0.4 is 16.4 Å². The SMILES string of the molecule is CC(C)(C)NC(=O)CNC(=O)CN. The Bertz CT molecular complexity index is 196. The highest BCUT2D eigenvalue weighted by atomic mass is 16.2. The third kappa shape index (κ3) is 7.27. The Morgan fingerprint density at radius 2 is 1.77 bits per heavy atom. The van der Waals surface area contributed by atoms with Gasteiger partial charge in [-0.25, -0.2) is 0 Å². The van der Waals surface area contributed by atoms with Crippen molar-refractivity contribution in [1.29, 1.82) is 0 Å². The second-order valence-electron chi connectivity index (χ2n) is 3.78. The molecule has 0 aliphatic carbocycles. The van der Waals surface area contributed by atoms with Crippen molar-refractivity contribution in [3.8, 4) is 0 Å². The Morgan fingerprint density at radius 1 is 1.23 bits per heavy atom. The predicted molar refractivity (Wildman–Crippen MR) is 50.0 cm³/mol. The van der Waals surface area contributed by atoms with Gasteiger partial charge < -0.3 is 16.4 Å². The molecule has 0 aromatic rings. The van der Waals surface area contributed by atoms with Crippen molar-refractivity contribution in [2.75, 3.05) is 13.1 Å². The van der Waals surface area contributed by atoms with Crippen LogP contribution in [0.4, 0.5) is 0 Å². The molecular weight excluding hydrogens is 170 g/mol. The molecule has 76 valence electrons. The highest BCUT2D eigenvalue weighted by Crippen LogP contribution is 1.96. The Labute approximate surface area is 78.1 Å². The molecule has 0 aliphatic rings. The molecule has 5 heteroatoms. The number of amides is 2. The van der Waals surface area contributed by atoms with Gasteiger partial charge in [0.15, 0.2) is 0 Å². The lowest BCUT2D eigenvalue weighted by Gasteiger charge is -2.20. The van der Waals surface area contributed by atoms with Crippen LogP contribution in [-0.2, 0) is 9.59 Å². The summed E-state index contributed by atoms with van der Waals surface area (Å²) in [6.07, 6.45) is 0. The molecule has 4 N–H and O–H groups in total. The minimum absolute atomic E-state index is 0.0205. The lowest BCUT2D eigenvalue weighted by atomic mass is 10.1. The Balaban J connectivity index is 3.71. The van der Waals surface area contributed by atoms with Crippen LogP contribution in [0.3, 0.4) is 0 Å². The Kier molecular flexibility index (Phi) is 4.40. The molecule has 0 bridgehead atoms. The first-order chi connectivity index (χ1) is 5.85. The molecule has 5 nitrogen and oxygen atoms in total. The van der Waals surface area contributed by atoms with Crippen molar-refractivity contribution in [2.45, 2.75) is 26.3 Å². The van der Waals surface area contributed by atoms with Crippen LogP contribution in [0.5, 0.6) is 0 Å². The summed E-state index contributed by atoms with van der Waals surface area (Å²) < 4.78 is 0. The van der Waals surface area contributed by atoms with E-state index in [9.17, 15) is 9.59 Å². The zero-order valence-electron chi connectivity index (χ0n) is 8.31. The minimum atomic E-state index is -0.330. The summed E-state index contributed by atoms with van der Waals surface area (Å²) in [5.41, 5.74) is 4.77. The number of hydrogen-bond acceptors (Lipinski definition) is 3. The molecule has 13 heavy (non-hydrogen) atoms. The van der Waals surface area contributed by atoms with Gasteiger partial charge in [-0.1, -0.05) is 0 Å². The molecule has 2 amide bonds. The van der Waals surface area contributed by atoms with Gasteiger partial charge in [0.05, 0.1) is 13.1 Å². The van der Waals surface area contributed by atoms with E-state index in [0.29, 0.717) is 0 Å². The molecule has 0 rings (SSSR count). The molecule has 0 aromatic heterocycles. The van der Waals surface area contributed by atoms with Crippen molar-refractivity contribution in [2.24, 2.45) is 5.73 Å². The Morgan fingerprint density at radius 3 is 2.15 bits per heavy atom. The fourth-order valence-corrected chi connectivity index (χ4v) is 0.713. The maximum absolute atomic E-state index is 11.1. The second kappa shape index (κ2) is 4.81. The van der Waals surface area contributed by atoms with Crippen LogP contribution in [0.15, 0.2) is 0 Å². The molecule has 0 heterocycles. The molecular formula is C8H17N3O2. The molecule has 0 saturated heterocycles. The van der Waals surface area contributed by atoms with E-state index >= 15 is 0 Å². The van der Waals surface area contributed by atoms with Gasteiger partial charge in [-0.15, -0.1) is 0 Å². The van der Waals surface area contributed by atoms with Crippen LogP contribution in [-0.4, -0.2) is 30.4 Å². The van der Waals surface area contributed by atoms with Gasteiger partial charge in [-0.2, -0.15) is 0 Å². The van der Waals surface area contributed by atoms with Crippen molar-refractivity contribution in [3.63, 3.8) is 0 Å². The highest BCUT2D eigenvalue weighted by Gasteiger charge is 2.13. The average molecular weight is 187 g/mol. The monoisotopic (exact) mass is 187 g/mol. The molecule has 0 spiro atoms. The van der Waals surface area contributed by atoms with Crippen molar-refractivity contribution in [1.82, 2.24) is 10.6 Å². The van der Waals surface area contributed by atoms with E-state index in [2.05, 4.69) is 10.6 Å². The standard InChI is InChI=1S/C8H17N3O2/c1-8(2,3)11-7(13)5-10-6(12)4-9/h4-5,9H2,1-3H3,(H,10,12)(H,11,13). The first kappa shape index (κ1) is 11.9. The summed E-state index contributed by atoms with van der Waals surface area (Å²) in [5, 5.41) is 5.08. The van der Waals surface area contributed by atoms with E-state index in [1.165, 1.54) is 0 Å². The largest absolute Gasteiger partial charge is 0.350 e. The molecule has 0 radical (unpaired) electrons. The van der Waals surface area contributed by atoms with Crippen LogP contribution in [0.2, 0.25) is 0 Å². The van der Waals surface area contributed by atoms with Gasteiger partial charge >= 0.3 is 0 Å². The smallest absolute Gasteiger partial charge is 0.239 e. The number of nitrogens with one attached hydrogen (secondary N) is 2. The van der Waals surface area contributed by atoms with Gasteiger partial charge in [0.25, 0.3) is 0 Å². The third-order valence-corrected chi connectivity index (χ3v) is 1.15. The third-order valence-electron chi connectivity index (χ3n) is 1.15. The first-order valence-electron chi connectivity index (χ1n) is 4.13. The van der Waals surface area contributed by atoms with Gasteiger partial charge in [0, 0.05) is 5.54 Å². The molecule has 0 aliphatic heterocycles. The number of hydrogen-bond donors (Lipinski definition) is 3. The molecule has 0 atom stereocenters. The van der Waals surface area contributed by atoms with Crippen molar-refractivity contribution in [3.05, 3.63) is 0 Å². The Hall–Kier alpha value is -1.10. The topological polar surface area (TPSA) is 84.2 Å². The fourth-order valence-electron chi connectivity index (χ4n) is 0.713. The first-order valence-corrected chi connectivity index (χ1v) is 4.13. The molecule has 0 fully saturated rings. The fraction of sp³-hybridized carbons (Fsp3) is 0.750. The summed E-state index contributed by atoms with van der Waals surface area (Å²) in [6, 6.07) is 0. The van der Waals surface area contributed by atoms with Crippen LogP contribution in [0, 0.1) is 0 Å². The molecule has 0 unspecified atom stereocenters. The second-order valence-corrected chi connectivity index (χ2v) is 3.78. The van der Waals surface area contributed by atoms with Crippen LogP contribution in [0.1, 0.15) is 20.8 Å². The number of carbonyl (C=O) groups excluding carboxylic acids is 2. The summed E-state index contributed by atoms with van der Waals surface area (Å²) in [5.74, 6) is -0.543. The summed E-state index contributed by atoms with van der Waals surface area (Å²) in [6.45, 7) is 5.50. The minimum Gasteiger partial charge on any atom is -0.350 e. The van der Waals surface area contributed by atoms with Gasteiger partial charge in [-0.05, 0) is 20.8 Å². The van der Waals surface area contributed by atoms with E-state index in [0.717, 1.165) is 0 Å². The predicted octanol–water partition coefficient (Wildman–Crippen LogP) is -1.02. The van der Waals surface area contributed by atoms with E-state index in [1.54, 1.807) is 0 Å².